The molecule has 6 rings (SSSR count). The normalized spacial score (nSPS) is 22.3. The molecule has 3 heterocycles. The maximum Gasteiger partial charge on any atom is 0.337 e. The largest absolute Gasteiger partial charge is 0.465 e. The molecule has 0 aliphatic carbocycles. The van der Waals surface area contributed by atoms with E-state index in [4.69, 9.17) is 9.47 Å². The molecule has 3 unspecified atom stereocenters. The van der Waals surface area contributed by atoms with Crippen LogP contribution in [0.3, 0.4) is 0 Å². The number of piperidine rings is 1. The SMILES string of the molecule is COC(=O)c1ccc(Oc2cccc3c2C2CC4C(=O)N(c5ccccc5)C(=O)N4CC2N3)cc1. The maximum absolute atomic E-state index is 13.3. The van der Waals surface area contributed by atoms with Crippen molar-refractivity contribution in [2.24, 2.45) is 0 Å². The summed E-state index contributed by atoms with van der Waals surface area (Å²) in [7, 11) is 1.34. The Hall–Kier alpha value is -4.33. The van der Waals surface area contributed by atoms with E-state index in [1.54, 1.807) is 41.3 Å². The topological polar surface area (TPSA) is 88.2 Å². The number of nitrogens with one attached hydrogen (secondary N) is 1. The first-order valence-electron chi connectivity index (χ1n) is 11.5. The van der Waals surface area contributed by atoms with E-state index in [1.165, 1.54) is 12.0 Å². The summed E-state index contributed by atoms with van der Waals surface area (Å²) in [6.45, 7) is 0.436. The molecule has 3 atom stereocenters. The van der Waals surface area contributed by atoms with Crippen LogP contribution in [0.15, 0.2) is 72.8 Å². The Morgan fingerprint density at radius 3 is 2.49 bits per heavy atom. The van der Waals surface area contributed by atoms with Gasteiger partial charge in [-0.1, -0.05) is 24.3 Å². The molecule has 176 valence electrons. The van der Waals surface area contributed by atoms with Gasteiger partial charge in [-0.15, -0.1) is 0 Å². The third-order valence-electron chi connectivity index (χ3n) is 6.97. The van der Waals surface area contributed by atoms with Crippen LogP contribution in [0.1, 0.15) is 28.3 Å². The second kappa shape index (κ2) is 8.16. The van der Waals surface area contributed by atoms with Gasteiger partial charge in [-0.3, -0.25) is 4.79 Å². The number of carbonyl (C=O) groups is 3. The van der Waals surface area contributed by atoms with E-state index in [9.17, 15) is 14.4 Å². The van der Waals surface area contributed by atoms with Crippen molar-refractivity contribution >= 4 is 29.3 Å². The fraction of sp³-hybridized carbons (Fsp3) is 0.222. The van der Waals surface area contributed by atoms with Gasteiger partial charge in [0.05, 0.1) is 24.4 Å². The molecule has 8 nitrogen and oxygen atoms in total. The minimum Gasteiger partial charge on any atom is -0.465 e. The van der Waals surface area contributed by atoms with Gasteiger partial charge in [0.1, 0.15) is 17.5 Å². The monoisotopic (exact) mass is 469 g/mol. The van der Waals surface area contributed by atoms with Crippen molar-refractivity contribution in [3.8, 4) is 11.5 Å². The number of nitrogens with zero attached hydrogens (tertiary/aromatic N) is 2. The first-order chi connectivity index (χ1) is 17.0. The number of rotatable bonds is 4. The number of anilines is 2. The zero-order valence-electron chi connectivity index (χ0n) is 19.0. The summed E-state index contributed by atoms with van der Waals surface area (Å²) >= 11 is 0. The molecule has 0 aromatic heterocycles. The van der Waals surface area contributed by atoms with Crippen LogP contribution >= 0.6 is 0 Å². The van der Waals surface area contributed by atoms with Crippen molar-refractivity contribution < 1.29 is 23.9 Å². The molecule has 1 N–H and O–H groups in total. The van der Waals surface area contributed by atoms with Crippen molar-refractivity contribution in [1.29, 1.82) is 0 Å². The number of imide groups is 1. The van der Waals surface area contributed by atoms with E-state index in [2.05, 4.69) is 5.32 Å². The highest BCUT2D eigenvalue weighted by Crippen LogP contribution is 2.49. The van der Waals surface area contributed by atoms with Crippen molar-refractivity contribution in [2.45, 2.75) is 24.4 Å². The van der Waals surface area contributed by atoms with Crippen LogP contribution in [0.4, 0.5) is 16.2 Å². The molecule has 0 bridgehead atoms. The zero-order valence-corrected chi connectivity index (χ0v) is 19.0. The lowest BCUT2D eigenvalue weighted by Gasteiger charge is -2.35. The number of hydrogen-bond acceptors (Lipinski definition) is 6. The van der Waals surface area contributed by atoms with E-state index >= 15 is 0 Å². The lowest BCUT2D eigenvalue weighted by atomic mass is 9.84. The van der Waals surface area contributed by atoms with E-state index in [1.807, 2.05) is 36.4 Å². The summed E-state index contributed by atoms with van der Waals surface area (Å²) < 4.78 is 11.0. The molecule has 2 fully saturated rings. The second-order valence-corrected chi connectivity index (χ2v) is 8.89. The number of ether oxygens (including phenoxy) is 2. The quantitative estimate of drug-likeness (QED) is 0.451. The average Bonchev–Trinajstić information content (AvgIpc) is 3.38. The summed E-state index contributed by atoms with van der Waals surface area (Å²) in [6.07, 6.45) is 0.514. The molecule has 3 aromatic carbocycles. The third kappa shape index (κ3) is 3.41. The van der Waals surface area contributed by atoms with Crippen LogP contribution in [-0.4, -0.2) is 48.5 Å². The summed E-state index contributed by atoms with van der Waals surface area (Å²) in [5, 5.41) is 3.53. The van der Waals surface area contributed by atoms with E-state index in [0.29, 0.717) is 35.7 Å². The minimum absolute atomic E-state index is 0.0137. The van der Waals surface area contributed by atoms with Gasteiger partial charge in [-0.05, 0) is 55.0 Å². The van der Waals surface area contributed by atoms with Crippen molar-refractivity contribution in [2.75, 3.05) is 23.9 Å². The highest BCUT2D eigenvalue weighted by Gasteiger charge is 2.53. The molecule has 35 heavy (non-hydrogen) atoms. The fourth-order valence-electron chi connectivity index (χ4n) is 5.34. The highest BCUT2D eigenvalue weighted by atomic mass is 16.5. The van der Waals surface area contributed by atoms with Crippen LogP contribution < -0.4 is 15.0 Å². The van der Waals surface area contributed by atoms with Gasteiger partial charge in [0.2, 0.25) is 0 Å². The molecule has 3 aliphatic heterocycles. The van der Waals surface area contributed by atoms with E-state index in [-0.39, 0.29) is 23.9 Å². The van der Waals surface area contributed by atoms with E-state index < -0.39 is 12.0 Å². The molecule has 0 radical (unpaired) electrons. The number of hydrogen-bond donors (Lipinski definition) is 1. The van der Waals surface area contributed by atoms with Gasteiger partial charge in [0.25, 0.3) is 5.91 Å². The van der Waals surface area contributed by atoms with Crippen LogP contribution in [0.25, 0.3) is 0 Å². The smallest absolute Gasteiger partial charge is 0.337 e. The molecular formula is C27H23N3O5. The summed E-state index contributed by atoms with van der Waals surface area (Å²) in [4.78, 5) is 41.2. The first kappa shape index (κ1) is 21.2. The Balaban J connectivity index is 1.27. The number of methoxy groups -OCH3 is 1. The molecular weight excluding hydrogens is 446 g/mol. The van der Waals surface area contributed by atoms with Crippen LogP contribution in [0.2, 0.25) is 0 Å². The van der Waals surface area contributed by atoms with Gasteiger partial charge in [0, 0.05) is 23.7 Å². The lowest BCUT2D eigenvalue weighted by Crippen LogP contribution is -2.49. The van der Waals surface area contributed by atoms with Crippen molar-refractivity contribution in [1.82, 2.24) is 4.90 Å². The number of carbonyl (C=O) groups excluding carboxylic acids is 3. The Morgan fingerprint density at radius 1 is 0.971 bits per heavy atom. The third-order valence-corrected chi connectivity index (χ3v) is 6.97. The van der Waals surface area contributed by atoms with Gasteiger partial charge >= 0.3 is 12.0 Å². The van der Waals surface area contributed by atoms with Crippen molar-refractivity contribution in [3.05, 3.63) is 83.9 Å². The van der Waals surface area contributed by atoms with Gasteiger partial charge in [-0.25, -0.2) is 14.5 Å². The average molecular weight is 469 g/mol. The molecule has 8 heteroatoms. The van der Waals surface area contributed by atoms with Crippen LogP contribution in [-0.2, 0) is 9.53 Å². The van der Waals surface area contributed by atoms with Crippen LogP contribution in [0.5, 0.6) is 11.5 Å². The minimum atomic E-state index is -0.510. The molecule has 0 saturated carbocycles. The molecule has 3 amide bonds. The standard InChI is InChI=1S/C27H23N3O5/c1-34-26(32)16-10-12-18(13-11-16)35-23-9-5-8-20-24(23)19-14-22-25(31)30(17-6-3-2-4-7-17)27(33)29(22)15-21(19)28-20/h2-13,19,21-22,28H,14-15H2,1H3. The summed E-state index contributed by atoms with van der Waals surface area (Å²) in [5.74, 6) is 0.707. The Bertz CT molecular complexity index is 1320. The number of fused-ring (bicyclic) bond motifs is 4. The van der Waals surface area contributed by atoms with Crippen molar-refractivity contribution in [3.63, 3.8) is 0 Å². The first-order valence-corrected chi connectivity index (χ1v) is 11.5. The fourth-order valence-corrected chi connectivity index (χ4v) is 5.34. The molecule has 0 spiro atoms. The molecule has 3 aliphatic rings. The lowest BCUT2D eigenvalue weighted by molar-refractivity contribution is -0.120. The van der Waals surface area contributed by atoms with Gasteiger partial charge < -0.3 is 19.7 Å². The number of urea groups is 1. The molecule has 2 saturated heterocycles. The highest BCUT2D eigenvalue weighted by molar-refractivity contribution is 6.21. The number of benzene rings is 3. The second-order valence-electron chi connectivity index (χ2n) is 8.89. The number of amides is 3. The maximum atomic E-state index is 13.3. The van der Waals surface area contributed by atoms with E-state index in [0.717, 1.165) is 11.3 Å². The summed E-state index contributed by atoms with van der Waals surface area (Å²) in [6, 6.07) is 20.8. The predicted octanol–water partition coefficient (Wildman–Crippen LogP) is 4.38. The number of esters is 1. The Morgan fingerprint density at radius 2 is 1.74 bits per heavy atom. The van der Waals surface area contributed by atoms with Gasteiger partial charge in [-0.2, -0.15) is 0 Å². The predicted molar refractivity (Wildman–Crippen MR) is 129 cm³/mol. The summed E-state index contributed by atoms with van der Waals surface area (Å²) in [5.41, 5.74) is 2.99. The zero-order chi connectivity index (χ0) is 24.1. The van der Waals surface area contributed by atoms with Gasteiger partial charge in [0.15, 0.2) is 0 Å². The van der Waals surface area contributed by atoms with Crippen LogP contribution in [0, 0.1) is 0 Å². The molecule has 3 aromatic rings. The Kier molecular flexibility index (Phi) is 4.95. The number of para-hydroxylation sites is 1. The Labute approximate surface area is 202 Å².